The number of benzene rings is 1. The second-order valence-electron chi connectivity index (χ2n) is 4.73. The molecule has 0 aliphatic rings. The monoisotopic (exact) mass is 299 g/mol. The minimum atomic E-state index is -1.64. The third-order valence-corrected chi connectivity index (χ3v) is 3.21. The van der Waals surface area contributed by atoms with Gasteiger partial charge in [0.15, 0.2) is 0 Å². The van der Waals surface area contributed by atoms with E-state index >= 15 is 0 Å². The van der Waals surface area contributed by atoms with Gasteiger partial charge in [-0.3, -0.25) is 0 Å². The number of hydrogen-bond acceptors (Lipinski definition) is 7. The minimum absolute atomic E-state index is 0.137. The van der Waals surface area contributed by atoms with Gasteiger partial charge in [-0.25, -0.2) is 0 Å². The number of aromatic hydroxyl groups is 1. The Balaban J connectivity index is 2.51. The van der Waals surface area contributed by atoms with Crippen LogP contribution in [0.4, 0.5) is 0 Å². The summed E-state index contributed by atoms with van der Waals surface area (Å²) in [5.41, 5.74) is 0.681. The fourth-order valence-corrected chi connectivity index (χ4v) is 1.89. The summed E-state index contributed by atoms with van der Waals surface area (Å²) in [6.07, 6.45) is -3.87. The number of phenols is 1. The Labute approximate surface area is 122 Å². The number of carbonyl (C=O) groups is 1. The van der Waals surface area contributed by atoms with Gasteiger partial charge < -0.3 is 35.6 Å². The first kappa shape index (κ1) is 17.5. The number of hydrogen-bond donors (Lipinski definition) is 6. The number of aldehydes is 1. The summed E-state index contributed by atoms with van der Waals surface area (Å²) >= 11 is 0. The van der Waals surface area contributed by atoms with Crippen LogP contribution in [0.2, 0.25) is 0 Å². The zero-order valence-corrected chi connectivity index (χ0v) is 11.5. The van der Waals surface area contributed by atoms with Gasteiger partial charge in [-0.1, -0.05) is 18.2 Å². The molecule has 7 heteroatoms. The molecule has 118 valence electrons. The van der Waals surface area contributed by atoms with E-state index in [1.165, 1.54) is 0 Å². The lowest BCUT2D eigenvalue weighted by molar-refractivity contribution is -0.120. The van der Waals surface area contributed by atoms with E-state index < -0.39 is 31.0 Å². The Morgan fingerprint density at radius 2 is 1.81 bits per heavy atom. The highest BCUT2D eigenvalue weighted by Gasteiger charge is 2.30. The predicted molar refractivity (Wildman–Crippen MR) is 74.8 cm³/mol. The van der Waals surface area contributed by atoms with Crippen LogP contribution in [0.25, 0.3) is 0 Å². The molecule has 0 unspecified atom stereocenters. The van der Waals surface area contributed by atoms with Crippen LogP contribution in [0.1, 0.15) is 5.56 Å². The van der Waals surface area contributed by atoms with Crippen LogP contribution in [-0.4, -0.2) is 69.3 Å². The van der Waals surface area contributed by atoms with Crippen molar-refractivity contribution in [1.29, 1.82) is 0 Å². The molecule has 1 rings (SSSR count). The molecule has 0 radical (unpaired) electrons. The summed E-state index contributed by atoms with van der Waals surface area (Å²) in [6.45, 7) is -0.443. The van der Waals surface area contributed by atoms with Crippen LogP contribution in [0.3, 0.4) is 0 Å². The molecule has 0 spiro atoms. The number of nitrogens with one attached hydrogen (secondary N) is 1. The van der Waals surface area contributed by atoms with E-state index in [1.807, 2.05) is 0 Å². The van der Waals surface area contributed by atoms with Gasteiger partial charge >= 0.3 is 0 Å². The summed E-state index contributed by atoms with van der Waals surface area (Å²) < 4.78 is 0. The molecule has 0 bridgehead atoms. The van der Waals surface area contributed by atoms with Gasteiger partial charge in [0.05, 0.1) is 12.6 Å². The number of rotatable bonds is 9. The molecular formula is C14H21NO6. The first-order chi connectivity index (χ1) is 10.0. The molecule has 7 nitrogen and oxygen atoms in total. The normalized spacial score (nSPS) is 17.0. The van der Waals surface area contributed by atoms with Crippen LogP contribution in [0, 0.1) is 0 Å². The van der Waals surface area contributed by atoms with Crippen molar-refractivity contribution in [3.63, 3.8) is 0 Å². The first-order valence-corrected chi connectivity index (χ1v) is 6.61. The fraction of sp³-hybridized carbons (Fsp3) is 0.500. The van der Waals surface area contributed by atoms with Crippen molar-refractivity contribution >= 4 is 6.29 Å². The second kappa shape index (κ2) is 8.71. The molecular weight excluding hydrogens is 278 g/mol. The third kappa shape index (κ3) is 5.07. The van der Waals surface area contributed by atoms with Crippen LogP contribution < -0.4 is 5.32 Å². The molecule has 4 atom stereocenters. The molecule has 0 aromatic heterocycles. The SMILES string of the molecule is O=C[C@H](NCCc1ccccc1O)[C@@H](O)[C@@H](O)[C@H](O)CO. The van der Waals surface area contributed by atoms with Gasteiger partial charge in [0, 0.05) is 6.54 Å². The highest BCUT2D eigenvalue weighted by atomic mass is 16.4. The Morgan fingerprint density at radius 3 is 2.38 bits per heavy atom. The van der Waals surface area contributed by atoms with Gasteiger partial charge in [0.1, 0.15) is 30.3 Å². The number of phenolic OH excluding ortho intramolecular Hbond substituents is 1. The van der Waals surface area contributed by atoms with E-state index in [-0.39, 0.29) is 12.3 Å². The van der Waals surface area contributed by atoms with Gasteiger partial charge in [-0.15, -0.1) is 0 Å². The molecule has 0 heterocycles. The summed E-state index contributed by atoms with van der Waals surface area (Å²) in [7, 11) is 0. The zero-order chi connectivity index (χ0) is 15.8. The molecule has 0 saturated carbocycles. The fourth-order valence-electron chi connectivity index (χ4n) is 1.89. The number of carbonyl (C=O) groups excluding carboxylic acids is 1. The average molecular weight is 299 g/mol. The average Bonchev–Trinajstić information content (AvgIpc) is 2.51. The van der Waals surface area contributed by atoms with Crippen molar-refractivity contribution in [3.05, 3.63) is 29.8 Å². The number of aliphatic hydroxyl groups excluding tert-OH is 4. The van der Waals surface area contributed by atoms with Crippen molar-refractivity contribution in [2.75, 3.05) is 13.2 Å². The zero-order valence-electron chi connectivity index (χ0n) is 11.5. The maximum absolute atomic E-state index is 10.9. The topological polar surface area (TPSA) is 130 Å². The van der Waals surface area contributed by atoms with Gasteiger partial charge in [0.2, 0.25) is 0 Å². The lowest BCUT2D eigenvalue weighted by Gasteiger charge is -2.26. The second-order valence-corrected chi connectivity index (χ2v) is 4.73. The lowest BCUT2D eigenvalue weighted by Crippen LogP contribution is -2.52. The Kier molecular flexibility index (Phi) is 7.27. The van der Waals surface area contributed by atoms with Crippen molar-refractivity contribution in [2.45, 2.75) is 30.8 Å². The smallest absolute Gasteiger partial charge is 0.139 e. The summed E-state index contributed by atoms with van der Waals surface area (Å²) in [6, 6.07) is 5.64. The van der Waals surface area contributed by atoms with E-state index in [9.17, 15) is 25.2 Å². The van der Waals surface area contributed by atoms with Crippen molar-refractivity contribution in [1.82, 2.24) is 5.32 Å². The summed E-state index contributed by atoms with van der Waals surface area (Å²) in [5, 5.41) is 49.6. The van der Waals surface area contributed by atoms with Gasteiger partial charge in [0.25, 0.3) is 0 Å². The first-order valence-electron chi connectivity index (χ1n) is 6.61. The van der Waals surface area contributed by atoms with E-state index in [1.54, 1.807) is 24.3 Å². The van der Waals surface area contributed by atoms with Gasteiger partial charge in [-0.2, -0.15) is 0 Å². The molecule has 1 aromatic rings. The Morgan fingerprint density at radius 1 is 1.14 bits per heavy atom. The van der Waals surface area contributed by atoms with Crippen molar-refractivity contribution in [3.8, 4) is 5.75 Å². The van der Waals surface area contributed by atoms with Crippen LogP contribution in [-0.2, 0) is 11.2 Å². The lowest BCUT2D eigenvalue weighted by atomic mass is 10.0. The van der Waals surface area contributed by atoms with E-state index in [0.717, 1.165) is 0 Å². The van der Waals surface area contributed by atoms with Gasteiger partial charge in [-0.05, 0) is 18.1 Å². The number of aliphatic hydroxyl groups is 4. The molecule has 21 heavy (non-hydrogen) atoms. The van der Waals surface area contributed by atoms with E-state index in [2.05, 4.69) is 5.32 Å². The maximum atomic E-state index is 10.9. The Bertz CT molecular complexity index is 441. The molecule has 0 fully saturated rings. The molecule has 0 aliphatic heterocycles. The van der Waals surface area contributed by atoms with E-state index in [0.29, 0.717) is 18.3 Å². The standard InChI is InChI=1S/C14H21NO6/c16-7-10(13(20)14(21)12(19)8-17)15-6-5-9-3-1-2-4-11(9)18/h1-4,7,10,12-15,17-21H,5-6,8H2/t10-,12+,13+,14-/m0/s1. The molecule has 0 aliphatic carbocycles. The molecule has 0 saturated heterocycles. The quantitative estimate of drug-likeness (QED) is 0.296. The molecule has 1 aromatic carbocycles. The van der Waals surface area contributed by atoms with Crippen molar-refractivity contribution < 1.29 is 30.3 Å². The van der Waals surface area contributed by atoms with Crippen LogP contribution in [0.5, 0.6) is 5.75 Å². The molecule has 0 amide bonds. The number of para-hydroxylation sites is 1. The predicted octanol–water partition coefficient (Wildman–Crippen LogP) is -1.83. The van der Waals surface area contributed by atoms with E-state index in [4.69, 9.17) is 5.11 Å². The van der Waals surface area contributed by atoms with Crippen molar-refractivity contribution in [2.24, 2.45) is 0 Å². The highest BCUT2D eigenvalue weighted by Crippen LogP contribution is 2.15. The largest absolute Gasteiger partial charge is 0.508 e. The van der Waals surface area contributed by atoms with Crippen LogP contribution >= 0.6 is 0 Å². The summed E-state index contributed by atoms with van der Waals surface area (Å²) in [5.74, 6) is 0.137. The highest BCUT2D eigenvalue weighted by molar-refractivity contribution is 5.58. The third-order valence-electron chi connectivity index (χ3n) is 3.21. The molecule has 6 N–H and O–H groups in total. The maximum Gasteiger partial charge on any atom is 0.139 e. The van der Waals surface area contributed by atoms with Crippen LogP contribution in [0.15, 0.2) is 24.3 Å². The summed E-state index contributed by atoms with van der Waals surface area (Å²) in [4.78, 5) is 10.9. The minimum Gasteiger partial charge on any atom is -0.508 e. The Hall–Kier alpha value is -1.51.